The number of para-hydroxylation sites is 1. The van der Waals surface area contributed by atoms with Crippen LogP contribution in [0.4, 0.5) is 5.69 Å². The van der Waals surface area contributed by atoms with E-state index >= 15 is 0 Å². The number of carbonyl (C=O) groups excluding carboxylic acids is 2. The number of rotatable bonds is 6. The zero-order valence-electron chi connectivity index (χ0n) is 13.5. The smallest absolute Gasteiger partial charge is 0.251 e. The van der Waals surface area contributed by atoms with Gasteiger partial charge in [-0.2, -0.15) is 0 Å². The molecule has 1 fully saturated rings. The van der Waals surface area contributed by atoms with Crippen molar-refractivity contribution in [3.63, 3.8) is 0 Å². The number of hydrogen-bond acceptors (Lipinski definition) is 3. The lowest BCUT2D eigenvalue weighted by molar-refractivity contribution is -0.117. The summed E-state index contributed by atoms with van der Waals surface area (Å²) in [6.07, 6.45) is 1.90. The molecule has 0 aromatic heterocycles. The second-order valence-electron chi connectivity index (χ2n) is 5.84. The summed E-state index contributed by atoms with van der Waals surface area (Å²) in [6.45, 7) is 0.376. The molecule has 0 saturated heterocycles. The molecule has 5 heteroatoms. The van der Waals surface area contributed by atoms with Crippen LogP contribution < -0.4 is 15.4 Å². The molecule has 0 heterocycles. The number of methoxy groups -OCH3 is 1. The van der Waals surface area contributed by atoms with E-state index in [2.05, 4.69) is 10.6 Å². The van der Waals surface area contributed by atoms with E-state index in [1.54, 1.807) is 31.4 Å². The van der Waals surface area contributed by atoms with Crippen LogP contribution in [0.25, 0.3) is 0 Å². The molecule has 1 aliphatic carbocycles. The predicted octanol–water partition coefficient (Wildman–Crippen LogP) is 2.97. The first-order chi connectivity index (χ1) is 11.7. The maximum Gasteiger partial charge on any atom is 0.251 e. The molecule has 0 spiro atoms. The van der Waals surface area contributed by atoms with Gasteiger partial charge < -0.3 is 15.4 Å². The second kappa shape index (κ2) is 7.17. The van der Waals surface area contributed by atoms with Gasteiger partial charge >= 0.3 is 0 Å². The van der Waals surface area contributed by atoms with Crippen molar-refractivity contribution in [3.05, 3.63) is 59.7 Å². The Balaban J connectivity index is 1.63. The Hall–Kier alpha value is -2.82. The van der Waals surface area contributed by atoms with Crippen molar-refractivity contribution >= 4 is 17.5 Å². The van der Waals surface area contributed by atoms with Crippen LogP contribution in [0.15, 0.2) is 48.5 Å². The van der Waals surface area contributed by atoms with E-state index < -0.39 is 0 Å². The molecule has 2 aromatic carbocycles. The molecule has 5 nitrogen and oxygen atoms in total. The van der Waals surface area contributed by atoms with E-state index in [1.165, 1.54) is 0 Å². The zero-order valence-corrected chi connectivity index (χ0v) is 13.5. The van der Waals surface area contributed by atoms with Crippen LogP contribution in [0.5, 0.6) is 5.75 Å². The first-order valence-electron chi connectivity index (χ1n) is 7.98. The maximum absolute atomic E-state index is 12.3. The number of nitrogens with one attached hydrogen (secondary N) is 2. The molecule has 1 saturated carbocycles. The first-order valence-corrected chi connectivity index (χ1v) is 7.98. The molecule has 0 bridgehead atoms. The van der Waals surface area contributed by atoms with E-state index in [-0.39, 0.29) is 17.7 Å². The zero-order chi connectivity index (χ0) is 16.9. The fraction of sp³-hybridized carbons (Fsp3) is 0.263. The normalized spacial score (nSPS) is 13.2. The molecular formula is C19H20N2O3. The molecule has 0 radical (unpaired) electrons. The van der Waals surface area contributed by atoms with Gasteiger partial charge in [0.1, 0.15) is 5.75 Å². The van der Waals surface area contributed by atoms with Crippen LogP contribution in [0, 0.1) is 5.92 Å². The lowest BCUT2D eigenvalue weighted by Crippen LogP contribution is -2.23. The van der Waals surface area contributed by atoms with Crippen molar-refractivity contribution in [2.24, 2.45) is 5.92 Å². The van der Waals surface area contributed by atoms with Crippen LogP contribution in [0.3, 0.4) is 0 Å². The van der Waals surface area contributed by atoms with Crippen molar-refractivity contribution in [1.82, 2.24) is 5.32 Å². The molecule has 24 heavy (non-hydrogen) atoms. The van der Waals surface area contributed by atoms with Gasteiger partial charge in [-0.1, -0.05) is 24.3 Å². The number of benzene rings is 2. The maximum atomic E-state index is 12.3. The average Bonchev–Trinajstić information content (AvgIpc) is 3.45. The summed E-state index contributed by atoms with van der Waals surface area (Å²) in [6, 6.07) is 14.5. The monoisotopic (exact) mass is 324 g/mol. The number of ether oxygens (including phenoxy) is 1. The molecule has 0 aliphatic heterocycles. The quantitative estimate of drug-likeness (QED) is 0.858. The molecule has 0 atom stereocenters. The molecule has 0 unspecified atom stereocenters. The highest BCUT2D eigenvalue weighted by Gasteiger charge is 2.29. The van der Waals surface area contributed by atoms with Gasteiger partial charge in [-0.15, -0.1) is 0 Å². The predicted molar refractivity (Wildman–Crippen MR) is 92.0 cm³/mol. The third-order valence-corrected chi connectivity index (χ3v) is 3.97. The molecular weight excluding hydrogens is 304 g/mol. The summed E-state index contributed by atoms with van der Waals surface area (Å²) >= 11 is 0. The van der Waals surface area contributed by atoms with E-state index in [9.17, 15) is 9.59 Å². The highest BCUT2D eigenvalue weighted by molar-refractivity contribution is 5.98. The van der Waals surface area contributed by atoms with Crippen LogP contribution in [-0.4, -0.2) is 18.9 Å². The van der Waals surface area contributed by atoms with Gasteiger partial charge in [-0.05, 0) is 37.1 Å². The van der Waals surface area contributed by atoms with Gasteiger partial charge in [-0.25, -0.2) is 0 Å². The second-order valence-corrected chi connectivity index (χ2v) is 5.84. The topological polar surface area (TPSA) is 67.4 Å². The van der Waals surface area contributed by atoms with E-state index in [1.807, 2.05) is 24.3 Å². The van der Waals surface area contributed by atoms with Crippen LogP contribution in [-0.2, 0) is 11.3 Å². The van der Waals surface area contributed by atoms with Gasteiger partial charge in [0.05, 0.1) is 7.11 Å². The Morgan fingerprint density at radius 2 is 1.92 bits per heavy atom. The van der Waals surface area contributed by atoms with Gasteiger partial charge in [0.25, 0.3) is 5.91 Å². The average molecular weight is 324 g/mol. The number of anilines is 1. The van der Waals surface area contributed by atoms with Crippen molar-refractivity contribution in [3.8, 4) is 5.75 Å². The minimum atomic E-state index is -0.191. The van der Waals surface area contributed by atoms with Crippen molar-refractivity contribution < 1.29 is 14.3 Å². The number of carbonyl (C=O) groups is 2. The van der Waals surface area contributed by atoms with Crippen molar-refractivity contribution in [2.75, 3.05) is 12.4 Å². The summed E-state index contributed by atoms with van der Waals surface area (Å²) in [5.74, 6) is 0.710. The summed E-state index contributed by atoms with van der Waals surface area (Å²) in [5, 5.41) is 5.73. The summed E-state index contributed by atoms with van der Waals surface area (Å²) in [5.41, 5.74) is 2.07. The van der Waals surface area contributed by atoms with Gasteiger partial charge in [0, 0.05) is 29.3 Å². The lowest BCUT2D eigenvalue weighted by Gasteiger charge is -2.10. The summed E-state index contributed by atoms with van der Waals surface area (Å²) in [7, 11) is 1.60. The van der Waals surface area contributed by atoms with Crippen LogP contribution >= 0.6 is 0 Å². The Labute approximate surface area is 141 Å². The molecule has 3 rings (SSSR count). The minimum Gasteiger partial charge on any atom is -0.496 e. The molecule has 2 aromatic rings. The Morgan fingerprint density at radius 3 is 2.67 bits per heavy atom. The van der Waals surface area contributed by atoms with E-state index in [0.717, 1.165) is 24.2 Å². The van der Waals surface area contributed by atoms with Crippen molar-refractivity contribution in [2.45, 2.75) is 19.4 Å². The molecule has 2 amide bonds. The number of hydrogen-bond donors (Lipinski definition) is 2. The molecule has 124 valence electrons. The fourth-order valence-corrected chi connectivity index (χ4v) is 2.45. The van der Waals surface area contributed by atoms with Gasteiger partial charge in [-0.3, -0.25) is 9.59 Å². The highest BCUT2D eigenvalue weighted by atomic mass is 16.5. The highest BCUT2D eigenvalue weighted by Crippen LogP contribution is 2.30. The van der Waals surface area contributed by atoms with E-state index in [0.29, 0.717) is 17.8 Å². The minimum absolute atomic E-state index is 0.0292. The van der Waals surface area contributed by atoms with E-state index in [4.69, 9.17) is 4.74 Å². The Kier molecular flexibility index (Phi) is 4.79. The fourth-order valence-electron chi connectivity index (χ4n) is 2.45. The molecule has 2 N–H and O–H groups in total. The summed E-state index contributed by atoms with van der Waals surface area (Å²) < 4.78 is 5.28. The number of amides is 2. The van der Waals surface area contributed by atoms with Gasteiger partial charge in [0.15, 0.2) is 0 Å². The Bertz CT molecular complexity index is 754. The lowest BCUT2D eigenvalue weighted by atomic mass is 10.1. The first kappa shape index (κ1) is 16.1. The molecule has 1 aliphatic rings. The third kappa shape index (κ3) is 3.93. The van der Waals surface area contributed by atoms with Crippen molar-refractivity contribution in [1.29, 1.82) is 0 Å². The Morgan fingerprint density at radius 1 is 1.12 bits per heavy atom. The SMILES string of the molecule is COc1ccccc1CNC(=O)c1cccc(NC(=O)C2CC2)c1. The standard InChI is InChI=1S/C19H20N2O3/c1-24-17-8-3-2-5-15(17)12-20-18(22)14-6-4-7-16(11-14)21-19(23)13-9-10-13/h2-8,11,13H,9-10,12H2,1H3,(H,20,22)(H,21,23). The largest absolute Gasteiger partial charge is 0.496 e. The van der Waals surface area contributed by atoms with Crippen LogP contribution in [0.2, 0.25) is 0 Å². The summed E-state index contributed by atoms with van der Waals surface area (Å²) in [4.78, 5) is 24.1. The third-order valence-electron chi connectivity index (χ3n) is 3.97. The van der Waals surface area contributed by atoms with Gasteiger partial charge in [0.2, 0.25) is 5.91 Å². The van der Waals surface area contributed by atoms with Crippen LogP contribution in [0.1, 0.15) is 28.8 Å².